The van der Waals surface area contributed by atoms with Crippen molar-refractivity contribution >= 4 is 22.9 Å². The summed E-state index contributed by atoms with van der Waals surface area (Å²) < 4.78 is 0. The molecule has 4 N–H and O–H groups in total. The number of Topliss-reactive ketones (excluding diaryl/α,β-unsaturated/α-hetero) is 1. The molecule has 0 saturated carbocycles. The minimum Gasteiger partial charge on any atom is -0.508 e. The Bertz CT molecular complexity index is 1120. The molecule has 2 aliphatic rings. The van der Waals surface area contributed by atoms with Gasteiger partial charge in [-0.25, -0.2) is 0 Å². The van der Waals surface area contributed by atoms with Gasteiger partial charge in [0.15, 0.2) is 5.78 Å². The van der Waals surface area contributed by atoms with Crippen LogP contribution in [-0.4, -0.2) is 21.1 Å². The van der Waals surface area contributed by atoms with Gasteiger partial charge in [0, 0.05) is 34.0 Å². The molecule has 3 heterocycles. The Morgan fingerprint density at radius 1 is 1.04 bits per heavy atom. The number of H-pyrrole nitrogens is 2. The van der Waals surface area contributed by atoms with Crippen molar-refractivity contribution in [2.24, 2.45) is 0 Å². The van der Waals surface area contributed by atoms with Crippen molar-refractivity contribution < 1.29 is 9.90 Å². The van der Waals surface area contributed by atoms with E-state index in [1.54, 1.807) is 35.6 Å². The molecule has 1 aromatic carbocycles. The van der Waals surface area contributed by atoms with Gasteiger partial charge < -0.3 is 10.4 Å². The first-order valence-corrected chi connectivity index (χ1v) is 9.66. The highest BCUT2D eigenvalue weighted by atomic mass is 32.1. The van der Waals surface area contributed by atoms with Crippen LogP contribution in [-0.2, 0) is 4.79 Å². The molecular weight excluding hydrogens is 362 g/mol. The predicted molar refractivity (Wildman–Crippen MR) is 103 cm³/mol. The molecule has 0 unspecified atom stereocenters. The number of benzene rings is 1. The quantitative estimate of drug-likeness (QED) is 0.548. The third-order valence-electron chi connectivity index (χ3n) is 5.37. The number of aromatic amines is 2. The Hall–Kier alpha value is -3.06. The number of hydrogen-bond donors (Lipinski definition) is 4. The number of phenols is 1. The monoisotopic (exact) mass is 379 g/mol. The van der Waals surface area contributed by atoms with Gasteiger partial charge in [-0.3, -0.25) is 19.8 Å². The second kappa shape index (κ2) is 5.99. The van der Waals surface area contributed by atoms with Crippen LogP contribution in [0.1, 0.15) is 40.7 Å². The fourth-order valence-corrected chi connectivity index (χ4v) is 5.02. The van der Waals surface area contributed by atoms with E-state index in [1.165, 1.54) is 4.88 Å². The number of ketones is 1. The van der Waals surface area contributed by atoms with E-state index in [1.807, 2.05) is 11.4 Å². The smallest absolute Gasteiger partial charge is 0.270 e. The van der Waals surface area contributed by atoms with Crippen LogP contribution in [0.4, 0.5) is 5.82 Å². The van der Waals surface area contributed by atoms with Gasteiger partial charge in [-0.1, -0.05) is 24.3 Å². The molecule has 136 valence electrons. The van der Waals surface area contributed by atoms with E-state index in [2.05, 4.69) is 21.6 Å². The first-order valence-electron chi connectivity index (χ1n) is 8.78. The standard InChI is InChI=1S/C20H17N3O3S/c24-13-5-2-1-4-11(13)16-17-12(21-19-18(16)20(26)23-22-19)8-10(9-14(17)25)15-6-3-7-27-15/h1-7,10,16,24H,8-9H2,(H3,21,22,23,26)/t10-,16+/m0/s1. The normalized spacial score (nSPS) is 21.6. The Kier molecular flexibility index (Phi) is 3.58. The van der Waals surface area contributed by atoms with Crippen molar-refractivity contribution in [3.05, 3.63) is 79.4 Å². The number of fused-ring (bicyclic) bond motifs is 1. The summed E-state index contributed by atoms with van der Waals surface area (Å²) in [6, 6.07) is 10.9. The summed E-state index contributed by atoms with van der Waals surface area (Å²) in [6.07, 6.45) is 1.10. The average molecular weight is 379 g/mol. The van der Waals surface area contributed by atoms with Crippen LogP contribution in [0.25, 0.3) is 0 Å². The summed E-state index contributed by atoms with van der Waals surface area (Å²) in [5, 5.41) is 21.2. The molecule has 1 aliphatic heterocycles. The first kappa shape index (κ1) is 16.1. The number of nitrogens with one attached hydrogen (secondary N) is 3. The molecule has 1 aliphatic carbocycles. The van der Waals surface area contributed by atoms with Crippen molar-refractivity contribution in [3.63, 3.8) is 0 Å². The minimum absolute atomic E-state index is 0.0154. The maximum absolute atomic E-state index is 13.2. The highest BCUT2D eigenvalue weighted by molar-refractivity contribution is 7.10. The Morgan fingerprint density at radius 3 is 2.67 bits per heavy atom. The lowest BCUT2D eigenvalue weighted by atomic mass is 9.73. The van der Waals surface area contributed by atoms with E-state index in [0.29, 0.717) is 35.4 Å². The number of carbonyl (C=O) groups excluding carboxylic acids is 1. The molecule has 0 amide bonds. The first-order chi connectivity index (χ1) is 13.1. The molecular formula is C20H17N3O3S. The number of hydrogen-bond acceptors (Lipinski definition) is 5. The van der Waals surface area contributed by atoms with Gasteiger partial charge in [0.25, 0.3) is 5.56 Å². The van der Waals surface area contributed by atoms with Gasteiger partial charge in [0.05, 0.1) is 11.5 Å². The second-order valence-corrected chi connectivity index (χ2v) is 7.90. The van der Waals surface area contributed by atoms with Crippen LogP contribution < -0.4 is 10.9 Å². The van der Waals surface area contributed by atoms with Crippen LogP contribution in [0.2, 0.25) is 0 Å². The largest absolute Gasteiger partial charge is 0.508 e. The molecule has 3 aromatic rings. The molecule has 0 fully saturated rings. The van der Waals surface area contributed by atoms with Gasteiger partial charge >= 0.3 is 0 Å². The third-order valence-corrected chi connectivity index (χ3v) is 6.40. The van der Waals surface area contributed by atoms with Crippen molar-refractivity contribution in [1.82, 2.24) is 10.2 Å². The average Bonchev–Trinajstić information content (AvgIpc) is 3.31. The number of aromatic nitrogens is 2. The van der Waals surface area contributed by atoms with Crippen LogP contribution in [0, 0.1) is 0 Å². The summed E-state index contributed by atoms with van der Waals surface area (Å²) in [6.45, 7) is 0. The zero-order chi connectivity index (χ0) is 18.5. The number of para-hydroxylation sites is 1. The van der Waals surface area contributed by atoms with Gasteiger partial charge in [0.2, 0.25) is 0 Å². The van der Waals surface area contributed by atoms with Crippen molar-refractivity contribution in [2.45, 2.75) is 24.7 Å². The Balaban J connectivity index is 1.68. The Morgan fingerprint density at radius 2 is 1.89 bits per heavy atom. The maximum atomic E-state index is 13.2. The molecule has 0 radical (unpaired) electrons. The summed E-state index contributed by atoms with van der Waals surface area (Å²) >= 11 is 1.65. The predicted octanol–water partition coefficient (Wildman–Crippen LogP) is 3.43. The van der Waals surface area contributed by atoms with Crippen LogP contribution in [0.5, 0.6) is 5.75 Å². The maximum Gasteiger partial charge on any atom is 0.270 e. The molecule has 5 rings (SSSR count). The van der Waals surface area contributed by atoms with Crippen molar-refractivity contribution in [2.75, 3.05) is 5.32 Å². The molecule has 7 heteroatoms. The molecule has 0 spiro atoms. The number of rotatable bonds is 2. The number of aromatic hydroxyl groups is 1. The van der Waals surface area contributed by atoms with Crippen LogP contribution in [0.15, 0.2) is 57.8 Å². The SMILES string of the molecule is O=C1C[C@@H](c2cccs2)CC2=C1[C@@H](c1ccccc1O)c1c([nH][nH]c1=O)N2. The summed E-state index contributed by atoms with van der Waals surface area (Å²) in [4.78, 5) is 26.8. The number of carbonyl (C=O) groups is 1. The highest BCUT2D eigenvalue weighted by Crippen LogP contribution is 2.48. The van der Waals surface area contributed by atoms with E-state index in [9.17, 15) is 14.7 Å². The van der Waals surface area contributed by atoms with Gasteiger partial charge in [-0.15, -0.1) is 11.3 Å². The van der Waals surface area contributed by atoms with E-state index in [0.717, 1.165) is 5.70 Å². The van der Waals surface area contributed by atoms with Gasteiger partial charge in [-0.05, 0) is 23.9 Å². The molecule has 0 bridgehead atoms. The van der Waals surface area contributed by atoms with Crippen LogP contribution in [0.3, 0.4) is 0 Å². The summed E-state index contributed by atoms with van der Waals surface area (Å²) in [7, 11) is 0. The van der Waals surface area contributed by atoms with Crippen molar-refractivity contribution in [1.29, 1.82) is 0 Å². The second-order valence-electron chi connectivity index (χ2n) is 6.92. The fourth-order valence-electron chi connectivity index (χ4n) is 4.19. The Labute approximate surface area is 158 Å². The number of phenolic OH excluding ortho intramolecular Hbond substituents is 1. The van der Waals surface area contributed by atoms with E-state index >= 15 is 0 Å². The van der Waals surface area contributed by atoms with Crippen LogP contribution >= 0.6 is 11.3 Å². The molecule has 2 aromatic heterocycles. The minimum atomic E-state index is -0.579. The topological polar surface area (TPSA) is 98.0 Å². The number of allylic oxidation sites excluding steroid dienone is 2. The molecule has 2 atom stereocenters. The molecule has 27 heavy (non-hydrogen) atoms. The van der Waals surface area contributed by atoms with Gasteiger partial charge in [-0.2, -0.15) is 0 Å². The van der Waals surface area contributed by atoms with E-state index in [4.69, 9.17) is 0 Å². The number of thiophene rings is 1. The van der Waals surface area contributed by atoms with E-state index in [-0.39, 0.29) is 23.0 Å². The lowest BCUT2D eigenvalue weighted by molar-refractivity contribution is -0.116. The number of anilines is 1. The molecule has 0 saturated heterocycles. The van der Waals surface area contributed by atoms with E-state index < -0.39 is 5.92 Å². The highest BCUT2D eigenvalue weighted by Gasteiger charge is 2.41. The fraction of sp³-hybridized carbons (Fsp3) is 0.200. The lowest BCUT2D eigenvalue weighted by Crippen LogP contribution is -2.31. The zero-order valence-electron chi connectivity index (χ0n) is 14.3. The lowest BCUT2D eigenvalue weighted by Gasteiger charge is -2.34. The summed E-state index contributed by atoms with van der Waals surface area (Å²) in [5.41, 5.74) is 2.13. The van der Waals surface area contributed by atoms with Gasteiger partial charge in [0.1, 0.15) is 11.6 Å². The summed E-state index contributed by atoms with van der Waals surface area (Å²) in [5.74, 6) is 0.203. The zero-order valence-corrected chi connectivity index (χ0v) is 15.1. The molecule has 6 nitrogen and oxygen atoms in total. The van der Waals surface area contributed by atoms with Crippen molar-refractivity contribution in [3.8, 4) is 5.75 Å². The third kappa shape index (κ3) is 2.46.